The van der Waals surface area contributed by atoms with Crippen molar-refractivity contribution in [2.45, 2.75) is 13.8 Å². The average molecular weight is 416 g/mol. The molecule has 2 aromatic rings. The Bertz CT molecular complexity index is 649. The molecule has 0 aliphatic carbocycles. The van der Waals surface area contributed by atoms with Crippen LogP contribution in [-0.2, 0) is 0 Å². The van der Waals surface area contributed by atoms with Gasteiger partial charge in [-0.15, -0.1) is 0 Å². The van der Waals surface area contributed by atoms with Crippen LogP contribution in [0.25, 0.3) is 0 Å². The first-order valence-corrected chi connectivity index (χ1v) is 8.01. The van der Waals surface area contributed by atoms with E-state index in [0.29, 0.717) is 5.95 Å². The average Bonchev–Trinajstić information content (AvgIpc) is 2.45. The van der Waals surface area contributed by atoms with Crippen molar-refractivity contribution in [1.82, 2.24) is 9.97 Å². The first-order chi connectivity index (χ1) is 10.0. The van der Waals surface area contributed by atoms with E-state index in [1.807, 2.05) is 26.0 Å². The summed E-state index contributed by atoms with van der Waals surface area (Å²) in [5, 5.41) is 6.40. The van der Waals surface area contributed by atoms with Gasteiger partial charge in [-0.05, 0) is 51.8 Å². The maximum Gasteiger partial charge on any atom is 0.224 e. The molecular weight excluding hydrogens is 400 g/mol. The number of nitrogens with one attached hydrogen (secondary N) is 2. The third-order valence-electron chi connectivity index (χ3n) is 2.80. The molecule has 0 fully saturated rings. The second kappa shape index (κ2) is 7.09. The van der Waals surface area contributed by atoms with Gasteiger partial charge in [0.2, 0.25) is 5.95 Å². The predicted molar refractivity (Wildman–Crippen MR) is 92.6 cm³/mol. The minimum absolute atomic E-state index is 0.603. The molecule has 7 heteroatoms. The van der Waals surface area contributed by atoms with Crippen molar-refractivity contribution in [3.8, 4) is 5.75 Å². The van der Waals surface area contributed by atoms with Gasteiger partial charge in [0, 0.05) is 28.8 Å². The lowest BCUT2D eigenvalue weighted by atomic mass is 10.2. The van der Waals surface area contributed by atoms with E-state index >= 15 is 0 Å². The highest BCUT2D eigenvalue weighted by Crippen LogP contribution is 2.36. The van der Waals surface area contributed by atoms with Crippen molar-refractivity contribution in [1.29, 1.82) is 0 Å². The smallest absolute Gasteiger partial charge is 0.224 e. The van der Waals surface area contributed by atoms with Gasteiger partial charge in [-0.1, -0.05) is 0 Å². The fourth-order valence-corrected chi connectivity index (χ4v) is 2.98. The van der Waals surface area contributed by atoms with Crippen LogP contribution in [0.1, 0.15) is 12.5 Å². The maximum atomic E-state index is 5.32. The summed E-state index contributed by atoms with van der Waals surface area (Å²) in [5.74, 6) is 2.11. The molecule has 0 aliphatic rings. The van der Waals surface area contributed by atoms with Gasteiger partial charge in [-0.2, -0.15) is 4.98 Å². The van der Waals surface area contributed by atoms with Crippen LogP contribution in [0.4, 0.5) is 17.5 Å². The molecule has 0 saturated carbocycles. The van der Waals surface area contributed by atoms with E-state index in [2.05, 4.69) is 52.5 Å². The number of aromatic nitrogens is 2. The van der Waals surface area contributed by atoms with Gasteiger partial charge in [0.15, 0.2) is 0 Å². The van der Waals surface area contributed by atoms with Gasteiger partial charge in [-0.3, -0.25) is 0 Å². The normalized spacial score (nSPS) is 10.3. The van der Waals surface area contributed by atoms with E-state index < -0.39 is 0 Å². The van der Waals surface area contributed by atoms with Crippen LogP contribution in [0.15, 0.2) is 27.3 Å². The largest absolute Gasteiger partial charge is 0.495 e. The monoisotopic (exact) mass is 414 g/mol. The van der Waals surface area contributed by atoms with Gasteiger partial charge >= 0.3 is 0 Å². The first-order valence-electron chi connectivity index (χ1n) is 6.42. The summed E-state index contributed by atoms with van der Waals surface area (Å²) in [4.78, 5) is 8.70. The molecule has 2 rings (SSSR count). The highest BCUT2D eigenvalue weighted by atomic mass is 79.9. The summed E-state index contributed by atoms with van der Waals surface area (Å²) in [6, 6.07) is 3.84. The molecule has 0 amide bonds. The zero-order valence-electron chi connectivity index (χ0n) is 12.0. The molecule has 21 heavy (non-hydrogen) atoms. The van der Waals surface area contributed by atoms with Crippen molar-refractivity contribution in [3.63, 3.8) is 0 Å². The quantitative estimate of drug-likeness (QED) is 0.753. The van der Waals surface area contributed by atoms with Crippen LogP contribution in [0.2, 0.25) is 0 Å². The molecule has 0 atom stereocenters. The molecule has 1 heterocycles. The molecule has 2 N–H and O–H groups in total. The van der Waals surface area contributed by atoms with E-state index in [4.69, 9.17) is 4.74 Å². The molecule has 0 bridgehead atoms. The van der Waals surface area contributed by atoms with Crippen LogP contribution < -0.4 is 15.4 Å². The zero-order chi connectivity index (χ0) is 15.4. The molecule has 1 aromatic carbocycles. The van der Waals surface area contributed by atoms with E-state index in [9.17, 15) is 0 Å². The number of halogens is 2. The van der Waals surface area contributed by atoms with Crippen LogP contribution in [0.3, 0.4) is 0 Å². The van der Waals surface area contributed by atoms with Crippen molar-refractivity contribution in [2.75, 3.05) is 24.3 Å². The Kier molecular flexibility index (Phi) is 5.41. The molecule has 0 unspecified atom stereocenters. The number of hydrogen-bond donors (Lipinski definition) is 2. The number of nitrogens with zero attached hydrogens (tertiary/aromatic N) is 2. The number of anilines is 3. The second-order valence-electron chi connectivity index (χ2n) is 4.35. The van der Waals surface area contributed by atoms with Gasteiger partial charge < -0.3 is 15.4 Å². The van der Waals surface area contributed by atoms with E-state index in [1.165, 1.54) is 0 Å². The minimum Gasteiger partial charge on any atom is -0.495 e. The fourth-order valence-electron chi connectivity index (χ4n) is 1.72. The lowest BCUT2D eigenvalue weighted by molar-refractivity contribution is 0.412. The lowest BCUT2D eigenvalue weighted by Crippen LogP contribution is -2.05. The van der Waals surface area contributed by atoms with Crippen molar-refractivity contribution in [2.24, 2.45) is 0 Å². The van der Waals surface area contributed by atoms with Crippen LogP contribution >= 0.6 is 31.9 Å². The topological polar surface area (TPSA) is 59.1 Å². The molecule has 1 aromatic heterocycles. The standard InChI is InChI=1S/C14H16Br2N4O/c1-4-17-14-18-7-8(2)13(20-14)19-11-6-12(21-3)10(16)5-9(11)15/h5-7H,4H2,1-3H3,(H2,17,18,19,20). The number of hydrogen-bond acceptors (Lipinski definition) is 5. The molecule has 5 nitrogen and oxygen atoms in total. The Hall–Kier alpha value is -1.34. The minimum atomic E-state index is 0.603. The van der Waals surface area contributed by atoms with Gasteiger partial charge in [-0.25, -0.2) is 4.98 Å². The SMILES string of the molecule is CCNc1ncc(C)c(Nc2cc(OC)c(Br)cc2Br)n1. The van der Waals surface area contributed by atoms with Crippen LogP contribution in [-0.4, -0.2) is 23.6 Å². The number of benzene rings is 1. The Morgan fingerprint density at radius 2 is 2.00 bits per heavy atom. The number of rotatable bonds is 5. The summed E-state index contributed by atoms with van der Waals surface area (Å²) in [6.45, 7) is 4.74. The molecule has 0 aliphatic heterocycles. The Morgan fingerprint density at radius 1 is 1.24 bits per heavy atom. The second-order valence-corrected chi connectivity index (χ2v) is 6.06. The molecule has 112 valence electrons. The van der Waals surface area contributed by atoms with Crippen molar-refractivity contribution in [3.05, 3.63) is 32.8 Å². The van der Waals surface area contributed by atoms with Crippen LogP contribution in [0, 0.1) is 6.92 Å². The van der Waals surface area contributed by atoms with E-state index in [1.54, 1.807) is 13.3 Å². The van der Waals surface area contributed by atoms with Gasteiger partial charge in [0.25, 0.3) is 0 Å². The highest BCUT2D eigenvalue weighted by molar-refractivity contribution is 9.11. The molecule has 0 spiro atoms. The van der Waals surface area contributed by atoms with E-state index in [-0.39, 0.29) is 0 Å². The molecule has 0 radical (unpaired) electrons. The summed E-state index contributed by atoms with van der Waals surface area (Å²) in [5.41, 5.74) is 1.84. The zero-order valence-corrected chi connectivity index (χ0v) is 15.2. The predicted octanol–water partition coefficient (Wildman–Crippen LogP) is 4.49. The van der Waals surface area contributed by atoms with Crippen molar-refractivity contribution < 1.29 is 4.74 Å². The first kappa shape index (κ1) is 16.0. The summed E-state index contributed by atoms with van der Waals surface area (Å²) < 4.78 is 7.12. The molecule has 0 saturated heterocycles. The maximum absolute atomic E-state index is 5.32. The molecular formula is C14H16Br2N4O. The summed E-state index contributed by atoms with van der Waals surface area (Å²) in [6.07, 6.45) is 1.79. The Balaban J connectivity index is 2.35. The van der Waals surface area contributed by atoms with Crippen LogP contribution in [0.5, 0.6) is 5.75 Å². The van der Waals surface area contributed by atoms with Gasteiger partial charge in [0.1, 0.15) is 11.6 Å². The summed E-state index contributed by atoms with van der Waals surface area (Å²) in [7, 11) is 1.64. The fraction of sp³-hybridized carbons (Fsp3) is 0.286. The third-order valence-corrected chi connectivity index (χ3v) is 4.08. The highest BCUT2D eigenvalue weighted by Gasteiger charge is 2.10. The van der Waals surface area contributed by atoms with Crippen molar-refractivity contribution >= 4 is 49.3 Å². The number of ether oxygens (including phenoxy) is 1. The third kappa shape index (κ3) is 3.85. The lowest BCUT2D eigenvalue weighted by Gasteiger charge is -2.13. The Morgan fingerprint density at radius 3 is 2.67 bits per heavy atom. The number of methoxy groups -OCH3 is 1. The number of aryl methyl sites for hydroxylation is 1. The Labute approximate surface area is 140 Å². The summed E-state index contributed by atoms with van der Waals surface area (Å²) >= 11 is 6.99. The van der Waals surface area contributed by atoms with E-state index in [0.717, 1.165) is 38.3 Å². The van der Waals surface area contributed by atoms with Gasteiger partial charge in [0.05, 0.1) is 17.3 Å².